The lowest BCUT2D eigenvalue weighted by molar-refractivity contribution is -0.385. The Hall–Kier alpha value is -1.96. The molecular formula is C11H18N4O4. The number of nitro groups is 1. The molecule has 0 amide bonds. The maximum Gasteiger partial charge on any atom is 0.372 e. The molecule has 8 nitrogen and oxygen atoms in total. The number of nitrogens with zero attached hydrogens (tertiary/aromatic N) is 3. The van der Waals surface area contributed by atoms with E-state index in [4.69, 9.17) is 9.47 Å². The van der Waals surface area contributed by atoms with E-state index in [0.29, 0.717) is 19.8 Å². The van der Waals surface area contributed by atoms with E-state index in [2.05, 4.69) is 22.2 Å². The van der Waals surface area contributed by atoms with Crippen LogP contribution in [-0.4, -0.2) is 41.8 Å². The first-order valence-electron chi connectivity index (χ1n) is 6.05. The van der Waals surface area contributed by atoms with Crippen LogP contribution in [-0.2, 0) is 4.74 Å². The zero-order valence-corrected chi connectivity index (χ0v) is 11.1. The van der Waals surface area contributed by atoms with Gasteiger partial charge in [0.1, 0.15) is 6.33 Å². The fourth-order valence-corrected chi connectivity index (χ4v) is 1.40. The quantitative estimate of drug-likeness (QED) is 0.413. The smallest absolute Gasteiger partial charge is 0.372 e. The third kappa shape index (κ3) is 4.66. The minimum absolute atomic E-state index is 0.0607. The molecule has 1 rings (SSSR count). The summed E-state index contributed by atoms with van der Waals surface area (Å²) < 4.78 is 10.2. The molecule has 0 saturated heterocycles. The molecule has 1 N–H and O–H groups in total. The predicted octanol–water partition coefficient (Wildman–Crippen LogP) is 1.62. The molecule has 8 heteroatoms. The van der Waals surface area contributed by atoms with Crippen molar-refractivity contribution in [1.82, 2.24) is 9.97 Å². The van der Waals surface area contributed by atoms with Gasteiger partial charge in [0.15, 0.2) is 0 Å². The Labute approximate surface area is 111 Å². The first kappa shape index (κ1) is 15.1. The van der Waals surface area contributed by atoms with Crippen molar-refractivity contribution in [2.75, 3.05) is 32.2 Å². The second-order valence-electron chi connectivity index (χ2n) is 3.73. The Morgan fingerprint density at radius 2 is 2.21 bits per heavy atom. The summed E-state index contributed by atoms with van der Waals surface area (Å²) in [5.41, 5.74) is -0.265. The second kappa shape index (κ2) is 8.20. The average molecular weight is 270 g/mol. The van der Waals surface area contributed by atoms with Crippen molar-refractivity contribution in [3.8, 4) is 5.88 Å². The van der Waals surface area contributed by atoms with Crippen LogP contribution in [0.15, 0.2) is 6.33 Å². The summed E-state index contributed by atoms with van der Waals surface area (Å²) in [6, 6.07) is 0. The fourth-order valence-electron chi connectivity index (χ4n) is 1.40. The van der Waals surface area contributed by atoms with Gasteiger partial charge in [-0.05, 0) is 6.42 Å². The van der Waals surface area contributed by atoms with E-state index < -0.39 is 4.92 Å². The molecule has 0 aromatic carbocycles. The maximum atomic E-state index is 10.9. The van der Waals surface area contributed by atoms with Crippen molar-refractivity contribution < 1.29 is 14.4 Å². The highest BCUT2D eigenvalue weighted by molar-refractivity contribution is 5.60. The van der Waals surface area contributed by atoms with Crippen LogP contribution in [0.1, 0.15) is 19.8 Å². The monoisotopic (exact) mass is 270 g/mol. The number of ether oxygens (including phenoxy) is 2. The molecule has 0 aliphatic carbocycles. The summed E-state index contributed by atoms with van der Waals surface area (Å²) in [5, 5.41) is 13.8. The van der Waals surface area contributed by atoms with E-state index in [-0.39, 0.29) is 17.4 Å². The van der Waals surface area contributed by atoms with E-state index in [1.807, 2.05) is 0 Å². The highest BCUT2D eigenvalue weighted by atomic mass is 16.6. The summed E-state index contributed by atoms with van der Waals surface area (Å²) >= 11 is 0. The van der Waals surface area contributed by atoms with Crippen molar-refractivity contribution >= 4 is 11.5 Å². The minimum atomic E-state index is -0.570. The molecule has 106 valence electrons. The lowest BCUT2D eigenvalue weighted by Crippen LogP contribution is -2.13. The Morgan fingerprint density at radius 1 is 1.42 bits per heavy atom. The van der Waals surface area contributed by atoms with Gasteiger partial charge in [0.2, 0.25) is 5.82 Å². The zero-order valence-electron chi connectivity index (χ0n) is 11.1. The minimum Gasteiger partial charge on any atom is -0.476 e. The van der Waals surface area contributed by atoms with Crippen LogP contribution in [0.4, 0.5) is 11.5 Å². The number of unbranched alkanes of at least 4 members (excludes halogenated alkanes) is 1. The van der Waals surface area contributed by atoms with Crippen molar-refractivity contribution in [3.63, 3.8) is 0 Å². The van der Waals surface area contributed by atoms with Gasteiger partial charge in [-0.3, -0.25) is 10.1 Å². The Kier molecular flexibility index (Phi) is 6.51. The van der Waals surface area contributed by atoms with Crippen molar-refractivity contribution in [2.45, 2.75) is 19.8 Å². The molecule has 1 aromatic heterocycles. The number of nitrogens with one attached hydrogen (secondary N) is 1. The Morgan fingerprint density at radius 3 is 2.84 bits per heavy atom. The molecule has 0 spiro atoms. The summed E-state index contributed by atoms with van der Waals surface area (Å²) in [7, 11) is 1.33. The van der Waals surface area contributed by atoms with Crippen LogP contribution >= 0.6 is 0 Å². The number of hydrogen-bond acceptors (Lipinski definition) is 7. The normalized spacial score (nSPS) is 10.2. The van der Waals surface area contributed by atoms with Gasteiger partial charge >= 0.3 is 5.69 Å². The van der Waals surface area contributed by atoms with Crippen molar-refractivity contribution in [2.24, 2.45) is 0 Å². The lowest BCUT2D eigenvalue weighted by atomic mass is 10.4. The van der Waals surface area contributed by atoms with Crippen molar-refractivity contribution in [1.29, 1.82) is 0 Å². The Balaban J connectivity index is 2.55. The number of aromatic nitrogens is 2. The van der Waals surface area contributed by atoms with Gasteiger partial charge in [0, 0.05) is 13.2 Å². The largest absolute Gasteiger partial charge is 0.476 e. The van der Waals surface area contributed by atoms with Crippen molar-refractivity contribution in [3.05, 3.63) is 16.4 Å². The highest BCUT2D eigenvalue weighted by Crippen LogP contribution is 2.29. The van der Waals surface area contributed by atoms with E-state index >= 15 is 0 Å². The fraction of sp³-hybridized carbons (Fsp3) is 0.636. The summed E-state index contributed by atoms with van der Waals surface area (Å²) in [5.74, 6) is 0.0744. The molecule has 1 heterocycles. The predicted molar refractivity (Wildman–Crippen MR) is 69.5 cm³/mol. The Bertz CT molecular complexity index is 414. The SMILES string of the molecule is CCCCOCCNc1ncnc(OC)c1[N+](=O)[O-]. The maximum absolute atomic E-state index is 10.9. The van der Waals surface area contributed by atoms with Gasteiger partial charge < -0.3 is 14.8 Å². The first-order chi connectivity index (χ1) is 9.20. The van der Waals surface area contributed by atoms with Crippen LogP contribution in [0, 0.1) is 10.1 Å². The van der Waals surface area contributed by atoms with E-state index in [1.54, 1.807) is 0 Å². The van der Waals surface area contributed by atoms with Crippen LogP contribution in [0.25, 0.3) is 0 Å². The molecule has 1 aromatic rings. The van der Waals surface area contributed by atoms with E-state index in [9.17, 15) is 10.1 Å². The average Bonchev–Trinajstić information content (AvgIpc) is 2.42. The summed E-state index contributed by atoms with van der Waals surface area (Å²) in [6.07, 6.45) is 3.29. The van der Waals surface area contributed by atoms with Gasteiger partial charge in [-0.15, -0.1) is 0 Å². The molecule has 19 heavy (non-hydrogen) atoms. The number of hydrogen-bond donors (Lipinski definition) is 1. The second-order valence-corrected chi connectivity index (χ2v) is 3.73. The van der Waals surface area contributed by atoms with Gasteiger partial charge in [0.25, 0.3) is 5.88 Å². The lowest BCUT2D eigenvalue weighted by Gasteiger charge is -2.08. The zero-order chi connectivity index (χ0) is 14.1. The topological polar surface area (TPSA) is 99.4 Å². The van der Waals surface area contributed by atoms with Gasteiger partial charge in [0.05, 0.1) is 18.6 Å². The van der Waals surface area contributed by atoms with Gasteiger partial charge in [-0.2, -0.15) is 4.98 Å². The van der Waals surface area contributed by atoms with Crippen LogP contribution < -0.4 is 10.1 Å². The molecule has 0 aliphatic heterocycles. The number of methoxy groups -OCH3 is 1. The molecule has 0 fully saturated rings. The summed E-state index contributed by atoms with van der Waals surface area (Å²) in [4.78, 5) is 17.9. The van der Waals surface area contributed by atoms with Crippen LogP contribution in [0.2, 0.25) is 0 Å². The number of rotatable bonds is 9. The molecule has 0 aliphatic rings. The highest BCUT2D eigenvalue weighted by Gasteiger charge is 2.23. The molecule has 0 saturated carbocycles. The molecule has 0 atom stereocenters. The molecule has 0 bridgehead atoms. The molecule has 0 radical (unpaired) electrons. The van der Waals surface area contributed by atoms with Gasteiger partial charge in [-0.25, -0.2) is 4.98 Å². The molecular weight excluding hydrogens is 252 g/mol. The van der Waals surface area contributed by atoms with Gasteiger partial charge in [-0.1, -0.05) is 13.3 Å². The summed E-state index contributed by atoms with van der Waals surface area (Å²) in [6.45, 7) is 3.67. The third-order valence-corrected chi connectivity index (χ3v) is 2.35. The third-order valence-electron chi connectivity index (χ3n) is 2.35. The number of anilines is 1. The van der Waals surface area contributed by atoms with E-state index in [1.165, 1.54) is 13.4 Å². The molecule has 0 unspecified atom stereocenters. The van der Waals surface area contributed by atoms with Crippen LogP contribution in [0.3, 0.4) is 0 Å². The van der Waals surface area contributed by atoms with Crippen LogP contribution in [0.5, 0.6) is 5.88 Å². The first-order valence-corrected chi connectivity index (χ1v) is 6.05. The standard InChI is InChI=1S/C11H18N4O4/c1-3-4-6-19-7-5-12-10-9(15(16)17)11(18-2)14-8-13-10/h8H,3-7H2,1-2H3,(H,12,13,14). The van der Waals surface area contributed by atoms with E-state index in [0.717, 1.165) is 12.8 Å².